The fourth-order valence-electron chi connectivity index (χ4n) is 5.22. The van der Waals surface area contributed by atoms with Gasteiger partial charge in [0.15, 0.2) is 5.75 Å². The molecule has 7 rings (SSSR count). The van der Waals surface area contributed by atoms with Crippen molar-refractivity contribution in [2.75, 3.05) is 36.7 Å². The first-order valence-electron chi connectivity index (χ1n) is 12.7. The van der Waals surface area contributed by atoms with Crippen LogP contribution in [0.15, 0.2) is 71.8 Å². The summed E-state index contributed by atoms with van der Waals surface area (Å²) >= 11 is 0. The number of fused-ring (bicyclic) bond motifs is 3. The molecular formula is C29H26N4O5. The summed E-state index contributed by atoms with van der Waals surface area (Å²) in [5.41, 5.74) is 5.82. The van der Waals surface area contributed by atoms with Gasteiger partial charge in [-0.25, -0.2) is 4.98 Å². The Hall–Kier alpha value is -4.50. The molecule has 1 unspecified atom stereocenters. The highest BCUT2D eigenvalue weighted by molar-refractivity contribution is 5.59. The smallest absolute Gasteiger partial charge is 0.271 e. The van der Waals surface area contributed by atoms with Crippen LogP contribution >= 0.6 is 0 Å². The molecule has 0 saturated carbocycles. The summed E-state index contributed by atoms with van der Waals surface area (Å²) in [6.45, 7) is 2.61. The molecule has 2 aromatic carbocycles. The Morgan fingerprint density at radius 1 is 1.05 bits per heavy atom. The Labute approximate surface area is 219 Å². The fourth-order valence-corrected chi connectivity index (χ4v) is 5.22. The molecule has 9 heteroatoms. The molecule has 192 valence electrons. The molecule has 5 heterocycles. The van der Waals surface area contributed by atoms with Crippen LogP contribution in [-0.4, -0.2) is 36.5 Å². The number of para-hydroxylation sites is 1. The number of hydrogen-bond donors (Lipinski definition) is 2. The van der Waals surface area contributed by atoms with Gasteiger partial charge in [0, 0.05) is 55.3 Å². The second-order valence-corrected chi connectivity index (χ2v) is 9.53. The Kier molecular flexibility index (Phi) is 5.62. The van der Waals surface area contributed by atoms with Crippen molar-refractivity contribution in [1.29, 1.82) is 0 Å². The third-order valence-electron chi connectivity index (χ3n) is 7.11. The number of morpholine rings is 1. The van der Waals surface area contributed by atoms with Crippen molar-refractivity contribution >= 4 is 11.4 Å². The number of nitrogens with zero attached hydrogens (tertiary/aromatic N) is 2. The van der Waals surface area contributed by atoms with Crippen LogP contribution in [0.2, 0.25) is 0 Å². The number of H-pyrrole nitrogens is 1. The normalized spacial score (nSPS) is 17.4. The van der Waals surface area contributed by atoms with Crippen LogP contribution < -0.4 is 30.0 Å². The first-order chi connectivity index (χ1) is 18.7. The van der Waals surface area contributed by atoms with Crippen LogP contribution in [0.25, 0.3) is 0 Å². The van der Waals surface area contributed by atoms with E-state index in [1.807, 2.05) is 30.3 Å². The molecule has 38 heavy (non-hydrogen) atoms. The number of hydrogen-bond acceptors (Lipinski definition) is 8. The maximum Gasteiger partial charge on any atom is 0.271 e. The molecule has 2 aromatic heterocycles. The van der Waals surface area contributed by atoms with Crippen LogP contribution in [0.3, 0.4) is 0 Å². The number of aromatic amines is 1. The quantitative estimate of drug-likeness (QED) is 0.360. The fraction of sp³-hybridized carbons (Fsp3) is 0.241. The van der Waals surface area contributed by atoms with Gasteiger partial charge >= 0.3 is 0 Å². The molecular weight excluding hydrogens is 484 g/mol. The molecule has 0 radical (unpaired) electrons. The first kappa shape index (κ1) is 22.7. The highest BCUT2D eigenvalue weighted by Gasteiger charge is 2.29. The van der Waals surface area contributed by atoms with Crippen LogP contribution in [-0.2, 0) is 17.7 Å². The second-order valence-electron chi connectivity index (χ2n) is 9.53. The number of ether oxygens (including phenoxy) is 4. The number of pyridine rings is 2. The van der Waals surface area contributed by atoms with E-state index < -0.39 is 0 Å². The average Bonchev–Trinajstić information content (AvgIpc) is 3.43. The molecule has 3 aliphatic rings. The Morgan fingerprint density at radius 3 is 2.97 bits per heavy atom. The molecule has 2 N–H and O–H groups in total. The summed E-state index contributed by atoms with van der Waals surface area (Å²) in [5.74, 6) is 2.90. The minimum Gasteiger partial charge on any atom is -0.456 e. The van der Waals surface area contributed by atoms with Crippen molar-refractivity contribution < 1.29 is 18.9 Å². The van der Waals surface area contributed by atoms with E-state index in [1.165, 1.54) is 0 Å². The topological polar surface area (TPSA) is 97.9 Å². The zero-order valence-corrected chi connectivity index (χ0v) is 20.6. The summed E-state index contributed by atoms with van der Waals surface area (Å²) < 4.78 is 23.3. The number of nitrogens with one attached hydrogen (secondary N) is 2. The molecule has 1 atom stereocenters. The molecule has 1 fully saturated rings. The second kappa shape index (κ2) is 9.42. The van der Waals surface area contributed by atoms with Gasteiger partial charge in [0.25, 0.3) is 11.4 Å². The van der Waals surface area contributed by atoms with Gasteiger partial charge in [0.2, 0.25) is 6.79 Å². The molecule has 0 amide bonds. The Balaban J connectivity index is 1.08. The van der Waals surface area contributed by atoms with Gasteiger partial charge in [-0.2, -0.15) is 0 Å². The minimum absolute atomic E-state index is 0.0902. The van der Waals surface area contributed by atoms with Crippen molar-refractivity contribution in [3.8, 4) is 23.1 Å². The van der Waals surface area contributed by atoms with E-state index in [9.17, 15) is 4.79 Å². The van der Waals surface area contributed by atoms with Crippen molar-refractivity contribution in [3.05, 3.63) is 99.6 Å². The first-order valence-corrected chi connectivity index (χ1v) is 12.7. The predicted octanol–water partition coefficient (Wildman–Crippen LogP) is 4.39. The van der Waals surface area contributed by atoms with Gasteiger partial charge < -0.3 is 34.1 Å². The lowest BCUT2D eigenvalue weighted by Gasteiger charge is -2.35. The molecule has 9 nitrogen and oxygen atoms in total. The van der Waals surface area contributed by atoms with E-state index in [-0.39, 0.29) is 18.5 Å². The van der Waals surface area contributed by atoms with Gasteiger partial charge in [-0.15, -0.1) is 0 Å². The monoisotopic (exact) mass is 510 g/mol. The molecule has 0 bridgehead atoms. The van der Waals surface area contributed by atoms with E-state index in [1.54, 1.807) is 12.4 Å². The van der Waals surface area contributed by atoms with Crippen molar-refractivity contribution in [2.45, 2.75) is 19.1 Å². The zero-order chi connectivity index (χ0) is 25.5. The van der Waals surface area contributed by atoms with Crippen molar-refractivity contribution in [2.24, 2.45) is 0 Å². The molecule has 3 aliphatic heterocycles. The van der Waals surface area contributed by atoms with Gasteiger partial charge in [0.05, 0.1) is 6.61 Å². The maximum atomic E-state index is 12.3. The SMILES string of the molecule is O=c1[nH]cccc1N1CCOC(c2cccc3c2Oc2ccc(NCc4cnc5c(c4)OCO5)cc2C3)C1. The lowest BCUT2D eigenvalue weighted by atomic mass is 9.95. The van der Waals surface area contributed by atoms with Crippen LogP contribution in [0.5, 0.6) is 23.1 Å². The summed E-state index contributed by atoms with van der Waals surface area (Å²) in [5, 5.41) is 3.47. The van der Waals surface area contributed by atoms with Gasteiger partial charge in [-0.05, 0) is 47.5 Å². The maximum absolute atomic E-state index is 12.3. The number of aromatic nitrogens is 2. The standard InChI is InChI=1S/C29H26N4O5/c34-28-23(5-2-8-30-28)33-9-10-35-26(16-33)22-4-1-3-19-12-20-13-21(6-7-24(20)38-27(19)22)31-14-18-11-25-29(32-15-18)37-17-36-25/h1-8,11,13,15,26,31H,9-10,12,14,16-17H2,(H,30,34). The summed E-state index contributed by atoms with van der Waals surface area (Å²) in [4.78, 5) is 21.5. The van der Waals surface area contributed by atoms with Gasteiger partial charge in [-0.3, -0.25) is 4.79 Å². The van der Waals surface area contributed by atoms with Crippen LogP contribution in [0.4, 0.5) is 11.4 Å². The molecule has 0 aliphatic carbocycles. The predicted molar refractivity (Wildman–Crippen MR) is 141 cm³/mol. The molecule has 0 spiro atoms. The van der Waals surface area contributed by atoms with E-state index in [0.717, 1.165) is 45.9 Å². The highest BCUT2D eigenvalue weighted by atomic mass is 16.7. The lowest BCUT2D eigenvalue weighted by molar-refractivity contribution is 0.0383. The zero-order valence-electron chi connectivity index (χ0n) is 20.6. The van der Waals surface area contributed by atoms with Gasteiger partial charge in [0.1, 0.15) is 23.3 Å². The Bertz CT molecular complexity index is 1570. The Morgan fingerprint density at radius 2 is 2.03 bits per heavy atom. The van der Waals surface area contributed by atoms with Crippen LogP contribution in [0, 0.1) is 0 Å². The third kappa shape index (κ3) is 4.20. The summed E-state index contributed by atoms with van der Waals surface area (Å²) in [7, 11) is 0. The van der Waals surface area contributed by atoms with Crippen LogP contribution in [0.1, 0.15) is 28.4 Å². The van der Waals surface area contributed by atoms with E-state index in [4.69, 9.17) is 18.9 Å². The van der Waals surface area contributed by atoms with E-state index >= 15 is 0 Å². The third-order valence-corrected chi connectivity index (χ3v) is 7.11. The number of benzene rings is 2. The number of anilines is 2. The van der Waals surface area contributed by atoms with E-state index in [0.29, 0.717) is 43.6 Å². The molecule has 4 aromatic rings. The van der Waals surface area contributed by atoms with E-state index in [2.05, 4.69) is 44.5 Å². The largest absolute Gasteiger partial charge is 0.456 e. The van der Waals surface area contributed by atoms with Crippen molar-refractivity contribution in [3.63, 3.8) is 0 Å². The average molecular weight is 511 g/mol. The number of rotatable bonds is 5. The summed E-state index contributed by atoms with van der Waals surface area (Å²) in [6.07, 6.45) is 4.01. The summed E-state index contributed by atoms with van der Waals surface area (Å²) in [6, 6.07) is 18.0. The molecule has 1 saturated heterocycles. The lowest BCUT2D eigenvalue weighted by Crippen LogP contribution is -2.41. The van der Waals surface area contributed by atoms with Crippen molar-refractivity contribution in [1.82, 2.24) is 9.97 Å². The van der Waals surface area contributed by atoms with Gasteiger partial charge in [-0.1, -0.05) is 18.2 Å². The minimum atomic E-state index is -0.198. The highest BCUT2D eigenvalue weighted by Crippen LogP contribution is 2.43.